The first-order valence-electron chi connectivity index (χ1n) is 7.31. The fourth-order valence-corrected chi connectivity index (χ4v) is 2.38. The van der Waals surface area contributed by atoms with E-state index < -0.39 is 17.5 Å². The molecule has 0 bridgehead atoms. The van der Waals surface area contributed by atoms with Crippen LogP contribution in [-0.2, 0) is 11.2 Å². The summed E-state index contributed by atoms with van der Waals surface area (Å²) in [6.07, 6.45) is 4.25. The minimum Gasteiger partial charge on any atom is -0.326 e. The highest BCUT2D eigenvalue weighted by molar-refractivity contribution is 5.91. The molecular formula is C15H20F2N2O2. The van der Waals surface area contributed by atoms with Crippen molar-refractivity contribution in [3.63, 3.8) is 0 Å². The number of carbonyl (C=O) groups excluding carboxylic acids is 1. The van der Waals surface area contributed by atoms with E-state index in [-0.39, 0.29) is 24.4 Å². The molecule has 1 aliphatic carbocycles. The number of hydrogen-bond donors (Lipinski definition) is 2. The lowest BCUT2D eigenvalue weighted by Gasteiger charge is -2.24. The molecule has 1 heterocycles. The summed E-state index contributed by atoms with van der Waals surface area (Å²) < 4.78 is 26.9. The Bertz CT molecular complexity index is 565. The van der Waals surface area contributed by atoms with Crippen molar-refractivity contribution in [2.24, 2.45) is 5.92 Å². The molecule has 0 aliphatic heterocycles. The molecule has 1 amide bonds. The maximum absolute atomic E-state index is 13.9. The van der Waals surface area contributed by atoms with E-state index >= 15 is 0 Å². The van der Waals surface area contributed by atoms with E-state index in [1.165, 1.54) is 13.1 Å². The maximum atomic E-state index is 13.9. The van der Waals surface area contributed by atoms with Crippen molar-refractivity contribution in [1.29, 1.82) is 0 Å². The topological polar surface area (TPSA) is 62.0 Å². The molecule has 1 atom stereocenters. The molecular weight excluding hydrogens is 278 g/mol. The zero-order valence-corrected chi connectivity index (χ0v) is 12.0. The van der Waals surface area contributed by atoms with Gasteiger partial charge in [0.05, 0.1) is 11.9 Å². The number of alkyl halides is 1. The van der Waals surface area contributed by atoms with Gasteiger partial charge < -0.3 is 10.3 Å². The van der Waals surface area contributed by atoms with Crippen molar-refractivity contribution in [3.8, 4) is 0 Å². The number of aromatic nitrogens is 1. The van der Waals surface area contributed by atoms with Gasteiger partial charge >= 0.3 is 0 Å². The summed E-state index contributed by atoms with van der Waals surface area (Å²) in [6.45, 7) is 1.41. The summed E-state index contributed by atoms with van der Waals surface area (Å²) in [7, 11) is 0. The summed E-state index contributed by atoms with van der Waals surface area (Å²) in [6, 6.07) is 0. The van der Waals surface area contributed by atoms with Crippen LogP contribution in [-0.4, -0.2) is 17.1 Å². The van der Waals surface area contributed by atoms with Crippen molar-refractivity contribution < 1.29 is 13.6 Å². The Balaban J connectivity index is 2.12. The second-order valence-electron chi connectivity index (χ2n) is 5.70. The van der Waals surface area contributed by atoms with E-state index in [1.807, 2.05) is 0 Å². The van der Waals surface area contributed by atoms with Crippen molar-refractivity contribution in [2.75, 3.05) is 5.32 Å². The van der Waals surface area contributed by atoms with Gasteiger partial charge in [0.25, 0.3) is 5.56 Å². The van der Waals surface area contributed by atoms with E-state index in [9.17, 15) is 18.4 Å². The summed E-state index contributed by atoms with van der Waals surface area (Å²) in [5.41, 5.74) is -0.576. The maximum Gasteiger partial charge on any atom is 0.286 e. The van der Waals surface area contributed by atoms with Gasteiger partial charge in [0, 0.05) is 12.6 Å². The number of rotatable bonds is 6. The Labute approximate surface area is 121 Å². The predicted octanol–water partition coefficient (Wildman–Crippen LogP) is 2.93. The van der Waals surface area contributed by atoms with Gasteiger partial charge in [-0.2, -0.15) is 4.39 Å². The number of amides is 1. The number of pyridine rings is 1. The molecule has 1 saturated carbocycles. The summed E-state index contributed by atoms with van der Waals surface area (Å²) in [5, 5.41) is 2.49. The lowest BCUT2D eigenvalue weighted by molar-refractivity contribution is -0.117. The van der Waals surface area contributed by atoms with E-state index in [2.05, 4.69) is 10.3 Å². The van der Waals surface area contributed by atoms with E-state index in [4.69, 9.17) is 0 Å². The van der Waals surface area contributed by atoms with Crippen LogP contribution in [0.2, 0.25) is 0 Å². The smallest absolute Gasteiger partial charge is 0.286 e. The standard InChI is InChI=1S/C15H20F2N2O2/c1-9(16)5-6-11-8-18-15(21)13(17)14(11)19-12(20)7-10-3-2-4-10/h8-10H,2-7H2,1H3,(H2,18,19,20,21). The highest BCUT2D eigenvalue weighted by Gasteiger charge is 2.22. The van der Waals surface area contributed by atoms with Crippen molar-refractivity contribution >= 4 is 11.6 Å². The minimum absolute atomic E-state index is 0.108. The molecule has 1 fully saturated rings. The lowest BCUT2D eigenvalue weighted by Crippen LogP contribution is -2.24. The van der Waals surface area contributed by atoms with E-state index in [0.717, 1.165) is 19.3 Å². The summed E-state index contributed by atoms with van der Waals surface area (Å²) in [5.74, 6) is -0.955. The monoisotopic (exact) mass is 298 g/mol. The van der Waals surface area contributed by atoms with Crippen LogP contribution in [0.3, 0.4) is 0 Å². The molecule has 1 aliphatic rings. The number of aryl methyl sites for hydroxylation is 1. The van der Waals surface area contributed by atoms with Crippen LogP contribution in [0.1, 0.15) is 44.6 Å². The average molecular weight is 298 g/mol. The summed E-state index contributed by atoms with van der Waals surface area (Å²) >= 11 is 0. The second-order valence-corrected chi connectivity index (χ2v) is 5.70. The molecule has 4 nitrogen and oxygen atoms in total. The Kier molecular flexibility index (Phi) is 5.09. The van der Waals surface area contributed by atoms with Gasteiger partial charge in [0.1, 0.15) is 0 Å². The molecule has 0 radical (unpaired) electrons. The number of anilines is 1. The first-order valence-corrected chi connectivity index (χ1v) is 7.31. The first-order chi connectivity index (χ1) is 9.97. The largest absolute Gasteiger partial charge is 0.326 e. The number of carbonyl (C=O) groups is 1. The highest BCUT2D eigenvalue weighted by atomic mass is 19.1. The molecule has 21 heavy (non-hydrogen) atoms. The van der Waals surface area contributed by atoms with E-state index in [0.29, 0.717) is 17.9 Å². The Morgan fingerprint density at radius 2 is 2.24 bits per heavy atom. The number of hydrogen-bond acceptors (Lipinski definition) is 2. The Morgan fingerprint density at radius 1 is 1.52 bits per heavy atom. The Morgan fingerprint density at radius 3 is 2.81 bits per heavy atom. The third-order valence-corrected chi connectivity index (χ3v) is 3.89. The van der Waals surface area contributed by atoms with Crippen molar-refractivity contribution in [1.82, 2.24) is 4.98 Å². The van der Waals surface area contributed by atoms with E-state index in [1.54, 1.807) is 0 Å². The second kappa shape index (κ2) is 6.83. The fraction of sp³-hybridized carbons (Fsp3) is 0.600. The number of halogens is 2. The molecule has 0 spiro atoms. The number of nitrogens with one attached hydrogen (secondary N) is 2. The zero-order valence-electron chi connectivity index (χ0n) is 12.0. The third-order valence-electron chi connectivity index (χ3n) is 3.89. The van der Waals surface area contributed by atoms with Crippen molar-refractivity contribution in [2.45, 2.75) is 51.6 Å². The molecule has 2 rings (SSSR count). The molecule has 1 aromatic heterocycles. The molecule has 0 saturated heterocycles. The summed E-state index contributed by atoms with van der Waals surface area (Å²) in [4.78, 5) is 25.5. The van der Waals surface area contributed by atoms with Gasteiger partial charge in [0.2, 0.25) is 11.7 Å². The minimum atomic E-state index is -1.03. The molecule has 2 N–H and O–H groups in total. The van der Waals surface area contributed by atoms with Crippen LogP contribution < -0.4 is 10.9 Å². The fourth-order valence-electron chi connectivity index (χ4n) is 2.38. The average Bonchev–Trinajstić information content (AvgIpc) is 2.38. The molecule has 1 unspecified atom stereocenters. The first kappa shape index (κ1) is 15.7. The van der Waals surface area contributed by atoms with Crippen LogP contribution in [0.5, 0.6) is 0 Å². The molecule has 116 valence electrons. The van der Waals surface area contributed by atoms with Gasteiger partial charge in [-0.15, -0.1) is 0 Å². The zero-order chi connectivity index (χ0) is 15.4. The van der Waals surface area contributed by atoms with Crippen molar-refractivity contribution in [3.05, 3.63) is 27.9 Å². The third kappa shape index (κ3) is 4.12. The molecule has 1 aromatic rings. The Hall–Kier alpha value is -1.72. The van der Waals surface area contributed by atoms with Gasteiger partial charge in [-0.3, -0.25) is 9.59 Å². The number of aromatic amines is 1. The number of H-pyrrole nitrogens is 1. The highest BCUT2D eigenvalue weighted by Crippen LogP contribution is 2.30. The quantitative estimate of drug-likeness (QED) is 0.848. The van der Waals surface area contributed by atoms with Crippen LogP contribution in [0.15, 0.2) is 11.0 Å². The van der Waals surface area contributed by atoms with Gasteiger partial charge in [-0.1, -0.05) is 6.42 Å². The van der Waals surface area contributed by atoms with Gasteiger partial charge in [0.15, 0.2) is 0 Å². The van der Waals surface area contributed by atoms with Crippen LogP contribution in [0.4, 0.5) is 14.5 Å². The van der Waals surface area contributed by atoms with Gasteiger partial charge in [-0.05, 0) is 44.1 Å². The van der Waals surface area contributed by atoms with Crippen LogP contribution in [0.25, 0.3) is 0 Å². The van der Waals surface area contributed by atoms with Gasteiger partial charge in [-0.25, -0.2) is 4.39 Å². The lowest BCUT2D eigenvalue weighted by atomic mass is 9.83. The normalized spacial score (nSPS) is 16.3. The van der Waals surface area contributed by atoms with Crippen LogP contribution in [0, 0.1) is 11.7 Å². The van der Waals surface area contributed by atoms with Crippen LogP contribution >= 0.6 is 0 Å². The molecule has 0 aromatic carbocycles. The molecule has 6 heteroatoms. The SMILES string of the molecule is CC(F)CCc1c[nH]c(=O)c(F)c1NC(=O)CC1CCC1. The predicted molar refractivity (Wildman–Crippen MR) is 76.5 cm³/mol.